The van der Waals surface area contributed by atoms with Crippen LogP contribution < -0.4 is 5.32 Å². The third-order valence-electron chi connectivity index (χ3n) is 3.04. The molecule has 1 atom stereocenters. The Bertz CT molecular complexity index is 614. The first-order valence-electron chi connectivity index (χ1n) is 6.35. The summed E-state index contributed by atoms with van der Waals surface area (Å²) in [6.07, 6.45) is 1.53. The number of anilines is 1. The van der Waals surface area contributed by atoms with Gasteiger partial charge in [0.2, 0.25) is 5.82 Å². The minimum atomic E-state index is -0.544. The summed E-state index contributed by atoms with van der Waals surface area (Å²) in [5.41, 5.74) is 2.39. The van der Waals surface area contributed by atoms with Gasteiger partial charge in [0.05, 0.1) is 13.2 Å². The number of aryl methyl sites for hydroxylation is 1. The summed E-state index contributed by atoms with van der Waals surface area (Å²) in [6, 6.07) is 9.94. The summed E-state index contributed by atoms with van der Waals surface area (Å²) < 4.78 is 4.61. The first kappa shape index (κ1) is 14.0. The first-order chi connectivity index (χ1) is 9.61. The maximum Gasteiger partial charge on any atom is 0.376 e. The van der Waals surface area contributed by atoms with Crippen molar-refractivity contribution in [2.75, 3.05) is 12.4 Å². The van der Waals surface area contributed by atoms with Gasteiger partial charge in [-0.3, -0.25) is 0 Å². The van der Waals surface area contributed by atoms with Crippen LogP contribution in [0.5, 0.6) is 0 Å². The van der Waals surface area contributed by atoms with E-state index in [0.717, 1.165) is 0 Å². The van der Waals surface area contributed by atoms with Crippen LogP contribution in [-0.4, -0.2) is 23.0 Å². The molecule has 1 aromatic heterocycles. The minimum Gasteiger partial charge on any atom is -0.463 e. The molecule has 5 heteroatoms. The summed E-state index contributed by atoms with van der Waals surface area (Å²) in [4.78, 5) is 19.4. The number of ether oxygens (including phenoxy) is 1. The molecule has 2 aromatic rings. The molecule has 1 N–H and O–H groups in total. The molecule has 20 heavy (non-hydrogen) atoms. The molecule has 0 aliphatic carbocycles. The number of rotatable bonds is 4. The van der Waals surface area contributed by atoms with Crippen molar-refractivity contribution in [2.24, 2.45) is 0 Å². The van der Waals surface area contributed by atoms with Crippen LogP contribution in [0.15, 0.2) is 36.5 Å². The van der Waals surface area contributed by atoms with E-state index in [-0.39, 0.29) is 11.9 Å². The molecule has 0 fully saturated rings. The highest BCUT2D eigenvalue weighted by atomic mass is 16.5. The normalized spacial score (nSPS) is 11.8. The van der Waals surface area contributed by atoms with Gasteiger partial charge in [-0.15, -0.1) is 0 Å². The van der Waals surface area contributed by atoms with Gasteiger partial charge in [0.25, 0.3) is 0 Å². The Labute approximate surface area is 118 Å². The number of carbonyl (C=O) groups is 1. The zero-order valence-electron chi connectivity index (χ0n) is 11.8. The van der Waals surface area contributed by atoms with Gasteiger partial charge in [-0.25, -0.2) is 14.8 Å². The smallest absolute Gasteiger partial charge is 0.376 e. The minimum absolute atomic E-state index is 0.0504. The number of benzene rings is 1. The number of nitrogens with one attached hydrogen (secondary N) is 1. The van der Waals surface area contributed by atoms with E-state index < -0.39 is 5.97 Å². The molecule has 0 radical (unpaired) electrons. The summed E-state index contributed by atoms with van der Waals surface area (Å²) in [6.45, 7) is 4.11. The second-order valence-electron chi connectivity index (χ2n) is 4.48. The third-order valence-corrected chi connectivity index (χ3v) is 3.04. The van der Waals surface area contributed by atoms with Crippen molar-refractivity contribution in [3.63, 3.8) is 0 Å². The maximum atomic E-state index is 11.4. The number of hydrogen-bond acceptors (Lipinski definition) is 5. The summed E-state index contributed by atoms with van der Waals surface area (Å²) in [7, 11) is 1.31. The molecule has 1 unspecified atom stereocenters. The van der Waals surface area contributed by atoms with Gasteiger partial charge in [-0.05, 0) is 31.0 Å². The molecule has 2 rings (SSSR count). The number of nitrogens with zero attached hydrogens (tertiary/aromatic N) is 2. The summed E-state index contributed by atoms with van der Waals surface area (Å²) in [5, 5.41) is 3.26. The molecule has 0 saturated heterocycles. The Morgan fingerprint density at radius 2 is 2.05 bits per heavy atom. The zero-order chi connectivity index (χ0) is 14.5. The van der Waals surface area contributed by atoms with Crippen molar-refractivity contribution in [3.8, 4) is 0 Å². The zero-order valence-corrected chi connectivity index (χ0v) is 11.8. The van der Waals surface area contributed by atoms with E-state index in [4.69, 9.17) is 0 Å². The Balaban J connectivity index is 2.18. The van der Waals surface area contributed by atoms with Gasteiger partial charge in [0, 0.05) is 6.20 Å². The van der Waals surface area contributed by atoms with Gasteiger partial charge in [0.15, 0.2) is 0 Å². The molecule has 0 bridgehead atoms. The molecule has 0 amide bonds. The molecule has 104 valence electrons. The van der Waals surface area contributed by atoms with Crippen molar-refractivity contribution in [3.05, 3.63) is 53.5 Å². The second-order valence-corrected chi connectivity index (χ2v) is 4.48. The molecule has 1 heterocycles. The molecule has 0 aliphatic rings. The van der Waals surface area contributed by atoms with Crippen LogP contribution in [0, 0.1) is 6.92 Å². The molecular formula is C15H17N3O2. The van der Waals surface area contributed by atoms with Crippen molar-refractivity contribution in [1.82, 2.24) is 9.97 Å². The lowest BCUT2D eigenvalue weighted by atomic mass is 10.0. The van der Waals surface area contributed by atoms with E-state index in [1.807, 2.05) is 19.1 Å². The maximum absolute atomic E-state index is 11.4. The van der Waals surface area contributed by atoms with Crippen molar-refractivity contribution in [2.45, 2.75) is 19.9 Å². The number of methoxy groups -OCH3 is 1. The lowest BCUT2D eigenvalue weighted by Gasteiger charge is -2.17. The fraction of sp³-hybridized carbons (Fsp3) is 0.267. The van der Waals surface area contributed by atoms with Gasteiger partial charge in [-0.1, -0.05) is 24.3 Å². The summed E-state index contributed by atoms with van der Waals surface area (Å²) in [5.74, 6) is 0.0998. The van der Waals surface area contributed by atoms with Gasteiger partial charge >= 0.3 is 5.97 Å². The molecule has 0 aliphatic heterocycles. The van der Waals surface area contributed by atoms with E-state index in [1.165, 1.54) is 24.4 Å². The van der Waals surface area contributed by atoms with Crippen LogP contribution in [0.3, 0.4) is 0 Å². The Kier molecular flexibility index (Phi) is 4.30. The molecular weight excluding hydrogens is 254 g/mol. The van der Waals surface area contributed by atoms with Crippen LogP contribution >= 0.6 is 0 Å². The van der Waals surface area contributed by atoms with Crippen LogP contribution in [-0.2, 0) is 4.74 Å². The molecule has 5 nitrogen and oxygen atoms in total. The molecule has 1 aromatic carbocycles. The van der Waals surface area contributed by atoms with Crippen molar-refractivity contribution < 1.29 is 9.53 Å². The van der Waals surface area contributed by atoms with Gasteiger partial charge in [0.1, 0.15) is 5.82 Å². The van der Waals surface area contributed by atoms with Crippen LogP contribution in [0.25, 0.3) is 0 Å². The quantitative estimate of drug-likeness (QED) is 0.866. The highest BCUT2D eigenvalue weighted by Crippen LogP contribution is 2.20. The molecule has 0 spiro atoms. The lowest BCUT2D eigenvalue weighted by molar-refractivity contribution is 0.0587. The fourth-order valence-corrected chi connectivity index (χ4v) is 2.00. The first-order valence-corrected chi connectivity index (χ1v) is 6.35. The van der Waals surface area contributed by atoms with Crippen LogP contribution in [0.2, 0.25) is 0 Å². The average Bonchev–Trinajstić information content (AvgIpc) is 2.47. The number of aromatic nitrogens is 2. The SMILES string of the molecule is COC(=O)c1nccc(NC(C)c2ccccc2C)n1. The van der Waals surface area contributed by atoms with E-state index >= 15 is 0 Å². The predicted octanol–water partition coefficient (Wildman–Crippen LogP) is 2.74. The van der Waals surface area contributed by atoms with E-state index in [2.05, 4.69) is 39.1 Å². The Morgan fingerprint density at radius 1 is 1.30 bits per heavy atom. The van der Waals surface area contributed by atoms with Crippen molar-refractivity contribution in [1.29, 1.82) is 0 Å². The van der Waals surface area contributed by atoms with Crippen LogP contribution in [0.4, 0.5) is 5.82 Å². The fourth-order valence-electron chi connectivity index (χ4n) is 2.00. The largest absolute Gasteiger partial charge is 0.463 e. The highest BCUT2D eigenvalue weighted by Gasteiger charge is 2.12. The number of carbonyl (C=O) groups excluding carboxylic acids is 1. The molecule has 0 saturated carbocycles. The monoisotopic (exact) mass is 271 g/mol. The lowest BCUT2D eigenvalue weighted by Crippen LogP contribution is -2.13. The van der Waals surface area contributed by atoms with E-state index in [9.17, 15) is 4.79 Å². The second kappa shape index (κ2) is 6.14. The Hall–Kier alpha value is -2.43. The topological polar surface area (TPSA) is 64.1 Å². The van der Waals surface area contributed by atoms with E-state index in [0.29, 0.717) is 5.82 Å². The van der Waals surface area contributed by atoms with Gasteiger partial charge < -0.3 is 10.1 Å². The average molecular weight is 271 g/mol. The third kappa shape index (κ3) is 3.12. The highest BCUT2D eigenvalue weighted by molar-refractivity contribution is 5.85. The summed E-state index contributed by atoms with van der Waals surface area (Å²) >= 11 is 0. The number of hydrogen-bond donors (Lipinski definition) is 1. The predicted molar refractivity (Wildman–Crippen MR) is 76.6 cm³/mol. The number of esters is 1. The Morgan fingerprint density at radius 3 is 2.75 bits per heavy atom. The van der Waals surface area contributed by atoms with E-state index in [1.54, 1.807) is 6.07 Å². The van der Waals surface area contributed by atoms with Gasteiger partial charge in [-0.2, -0.15) is 0 Å². The standard InChI is InChI=1S/C15H17N3O2/c1-10-6-4-5-7-12(10)11(2)17-13-8-9-16-14(18-13)15(19)20-3/h4-9,11H,1-3H3,(H,16,17,18). The van der Waals surface area contributed by atoms with Crippen molar-refractivity contribution >= 4 is 11.8 Å². The van der Waals surface area contributed by atoms with Crippen LogP contribution in [0.1, 0.15) is 34.7 Å².